The molecule has 13 heavy (non-hydrogen) atoms. The Labute approximate surface area is 83.5 Å². The normalized spacial score (nSPS) is 25.8. The highest BCUT2D eigenvalue weighted by Gasteiger charge is 2.14. The number of hydrogen-bond acceptors (Lipinski definition) is 1. The van der Waals surface area contributed by atoms with Crippen LogP contribution >= 0.6 is 0 Å². The highest BCUT2D eigenvalue weighted by atomic mass is 15.1. The summed E-state index contributed by atoms with van der Waals surface area (Å²) < 4.78 is 0. The lowest BCUT2D eigenvalue weighted by molar-refractivity contribution is 0.276. The second kappa shape index (κ2) is 6.42. The molecule has 1 atom stereocenters. The molecule has 1 nitrogen and oxygen atoms in total. The molecule has 0 bridgehead atoms. The number of hydrogen-bond donors (Lipinski definition) is 0. The smallest absolute Gasteiger partial charge is 0.00161 e. The van der Waals surface area contributed by atoms with E-state index >= 15 is 0 Å². The Morgan fingerprint density at radius 1 is 1.15 bits per heavy atom. The molecule has 1 fully saturated rings. The average molecular weight is 183 g/mol. The van der Waals surface area contributed by atoms with Crippen LogP contribution in [0.1, 0.15) is 52.4 Å². The largest absolute Gasteiger partial charge is 0.303 e. The highest BCUT2D eigenvalue weighted by Crippen LogP contribution is 2.20. The van der Waals surface area contributed by atoms with Gasteiger partial charge in [-0.3, -0.25) is 0 Å². The molecule has 0 radical (unpaired) electrons. The first-order valence-corrected chi connectivity index (χ1v) is 6.09. The van der Waals surface area contributed by atoms with Crippen molar-refractivity contribution in [1.82, 2.24) is 4.90 Å². The molecule has 0 aromatic rings. The molecule has 1 saturated heterocycles. The van der Waals surface area contributed by atoms with E-state index in [4.69, 9.17) is 0 Å². The van der Waals surface area contributed by atoms with E-state index in [1.165, 1.54) is 58.2 Å². The van der Waals surface area contributed by atoms with Gasteiger partial charge in [0.1, 0.15) is 0 Å². The fourth-order valence-corrected chi connectivity index (χ4v) is 2.24. The Morgan fingerprint density at radius 3 is 2.69 bits per heavy atom. The summed E-state index contributed by atoms with van der Waals surface area (Å²) in [6.45, 7) is 8.68. The molecule has 0 aromatic heterocycles. The van der Waals surface area contributed by atoms with E-state index in [1.54, 1.807) is 0 Å². The van der Waals surface area contributed by atoms with Crippen LogP contribution in [-0.4, -0.2) is 24.5 Å². The molecule has 1 aliphatic rings. The first-order valence-electron chi connectivity index (χ1n) is 6.09. The van der Waals surface area contributed by atoms with Gasteiger partial charge in [-0.05, 0) is 51.2 Å². The molecule has 1 unspecified atom stereocenters. The summed E-state index contributed by atoms with van der Waals surface area (Å²) in [7, 11) is 0. The maximum Gasteiger partial charge on any atom is -0.00161 e. The molecule has 0 aromatic carbocycles. The summed E-state index contributed by atoms with van der Waals surface area (Å²) in [6, 6.07) is 0. The van der Waals surface area contributed by atoms with Gasteiger partial charge < -0.3 is 4.90 Å². The van der Waals surface area contributed by atoms with Gasteiger partial charge >= 0.3 is 0 Å². The summed E-state index contributed by atoms with van der Waals surface area (Å²) in [5.41, 5.74) is 0. The van der Waals surface area contributed by atoms with E-state index in [1.807, 2.05) is 0 Å². The third-order valence-corrected chi connectivity index (χ3v) is 3.35. The Morgan fingerprint density at radius 2 is 2.00 bits per heavy atom. The summed E-state index contributed by atoms with van der Waals surface area (Å²) in [5, 5.41) is 0. The standard InChI is InChI=1S/C12H25N/c1-3-5-9-13-10-6-7-12(4-2)8-11-13/h12H,3-11H2,1-2H3. The molecular formula is C12H25N. The van der Waals surface area contributed by atoms with Crippen molar-refractivity contribution in [2.45, 2.75) is 52.4 Å². The van der Waals surface area contributed by atoms with E-state index in [0.29, 0.717) is 0 Å². The van der Waals surface area contributed by atoms with Gasteiger partial charge in [0.25, 0.3) is 0 Å². The molecule has 0 aliphatic carbocycles. The van der Waals surface area contributed by atoms with E-state index in [2.05, 4.69) is 18.7 Å². The Balaban J connectivity index is 2.19. The molecule has 1 heterocycles. The topological polar surface area (TPSA) is 3.24 Å². The minimum atomic E-state index is 1.02. The minimum absolute atomic E-state index is 1.02. The molecule has 0 N–H and O–H groups in total. The lowest BCUT2D eigenvalue weighted by Gasteiger charge is -2.19. The van der Waals surface area contributed by atoms with Crippen LogP contribution in [0.15, 0.2) is 0 Å². The Bertz CT molecular complexity index is 122. The Kier molecular flexibility index (Phi) is 5.45. The first-order chi connectivity index (χ1) is 6.36. The van der Waals surface area contributed by atoms with E-state index < -0.39 is 0 Å². The highest BCUT2D eigenvalue weighted by molar-refractivity contribution is 4.68. The van der Waals surface area contributed by atoms with Gasteiger partial charge in [-0.1, -0.05) is 26.7 Å². The number of nitrogens with zero attached hydrogens (tertiary/aromatic N) is 1. The summed E-state index contributed by atoms with van der Waals surface area (Å²) in [6.07, 6.45) is 8.47. The average Bonchev–Trinajstić information content (AvgIpc) is 2.39. The maximum atomic E-state index is 2.67. The lowest BCUT2D eigenvalue weighted by atomic mass is 9.98. The first kappa shape index (κ1) is 11.0. The summed E-state index contributed by atoms with van der Waals surface area (Å²) in [4.78, 5) is 2.67. The van der Waals surface area contributed by atoms with Gasteiger partial charge in [0.05, 0.1) is 0 Å². The van der Waals surface area contributed by atoms with Gasteiger partial charge in [-0.25, -0.2) is 0 Å². The van der Waals surface area contributed by atoms with Crippen molar-refractivity contribution in [2.75, 3.05) is 19.6 Å². The van der Waals surface area contributed by atoms with Crippen LogP contribution in [0.3, 0.4) is 0 Å². The fourth-order valence-electron chi connectivity index (χ4n) is 2.24. The zero-order chi connectivity index (χ0) is 9.52. The summed E-state index contributed by atoms with van der Waals surface area (Å²) in [5.74, 6) is 1.02. The second-order valence-corrected chi connectivity index (χ2v) is 4.40. The third-order valence-electron chi connectivity index (χ3n) is 3.35. The van der Waals surface area contributed by atoms with Crippen molar-refractivity contribution in [1.29, 1.82) is 0 Å². The van der Waals surface area contributed by atoms with Gasteiger partial charge in [-0.2, -0.15) is 0 Å². The van der Waals surface area contributed by atoms with Crippen molar-refractivity contribution < 1.29 is 0 Å². The molecule has 0 amide bonds. The molecular weight excluding hydrogens is 158 g/mol. The Hall–Kier alpha value is -0.0400. The molecule has 0 spiro atoms. The molecule has 0 saturated carbocycles. The van der Waals surface area contributed by atoms with Gasteiger partial charge in [0, 0.05) is 0 Å². The van der Waals surface area contributed by atoms with Crippen molar-refractivity contribution in [2.24, 2.45) is 5.92 Å². The van der Waals surface area contributed by atoms with Crippen molar-refractivity contribution in [3.63, 3.8) is 0 Å². The SMILES string of the molecule is CCCCN1CCCC(CC)CC1. The molecule has 78 valence electrons. The van der Waals surface area contributed by atoms with Crippen LogP contribution in [0.5, 0.6) is 0 Å². The fraction of sp³-hybridized carbons (Fsp3) is 1.00. The molecule has 1 heteroatoms. The second-order valence-electron chi connectivity index (χ2n) is 4.40. The monoisotopic (exact) mass is 183 g/mol. The summed E-state index contributed by atoms with van der Waals surface area (Å²) >= 11 is 0. The third kappa shape index (κ3) is 4.12. The van der Waals surface area contributed by atoms with Crippen LogP contribution < -0.4 is 0 Å². The van der Waals surface area contributed by atoms with Crippen molar-refractivity contribution in [3.8, 4) is 0 Å². The van der Waals surface area contributed by atoms with Crippen molar-refractivity contribution in [3.05, 3.63) is 0 Å². The van der Waals surface area contributed by atoms with Crippen LogP contribution in [0, 0.1) is 5.92 Å². The van der Waals surface area contributed by atoms with Gasteiger partial charge in [0.2, 0.25) is 0 Å². The van der Waals surface area contributed by atoms with E-state index in [0.717, 1.165) is 5.92 Å². The van der Waals surface area contributed by atoms with Gasteiger partial charge in [0.15, 0.2) is 0 Å². The zero-order valence-electron chi connectivity index (χ0n) is 9.39. The van der Waals surface area contributed by atoms with Crippen LogP contribution in [-0.2, 0) is 0 Å². The molecule has 1 rings (SSSR count). The van der Waals surface area contributed by atoms with E-state index in [9.17, 15) is 0 Å². The zero-order valence-corrected chi connectivity index (χ0v) is 9.39. The van der Waals surface area contributed by atoms with E-state index in [-0.39, 0.29) is 0 Å². The van der Waals surface area contributed by atoms with Crippen LogP contribution in [0.2, 0.25) is 0 Å². The van der Waals surface area contributed by atoms with Gasteiger partial charge in [-0.15, -0.1) is 0 Å². The maximum absolute atomic E-state index is 2.67. The number of unbranched alkanes of at least 4 members (excludes halogenated alkanes) is 1. The van der Waals surface area contributed by atoms with Crippen LogP contribution in [0.4, 0.5) is 0 Å². The minimum Gasteiger partial charge on any atom is -0.303 e. The predicted molar refractivity (Wildman–Crippen MR) is 59.0 cm³/mol. The number of rotatable bonds is 4. The molecule has 1 aliphatic heterocycles. The van der Waals surface area contributed by atoms with Crippen LogP contribution in [0.25, 0.3) is 0 Å². The predicted octanol–water partition coefficient (Wildman–Crippen LogP) is 3.30. The quantitative estimate of drug-likeness (QED) is 0.646. The van der Waals surface area contributed by atoms with Crippen molar-refractivity contribution >= 4 is 0 Å². The lowest BCUT2D eigenvalue weighted by Crippen LogP contribution is -2.25. The number of likely N-dealkylation sites (tertiary alicyclic amines) is 1.